The normalized spacial score (nSPS) is 16.3. The number of allylic oxidation sites excluding steroid dienone is 2. The largest absolute Gasteiger partial charge is 0.447 e. The van der Waals surface area contributed by atoms with E-state index in [-0.39, 0.29) is 5.91 Å². The molecule has 0 aromatic rings. The van der Waals surface area contributed by atoms with Gasteiger partial charge in [-0.1, -0.05) is 70.4 Å². The molecule has 0 aromatic heterocycles. The number of cyclic esters (lactones) is 1. The summed E-state index contributed by atoms with van der Waals surface area (Å²) in [6, 6.07) is 0. The van der Waals surface area contributed by atoms with E-state index in [4.69, 9.17) is 4.74 Å². The van der Waals surface area contributed by atoms with Gasteiger partial charge in [0, 0.05) is 6.42 Å². The van der Waals surface area contributed by atoms with E-state index >= 15 is 0 Å². The van der Waals surface area contributed by atoms with Crippen LogP contribution in [0.15, 0.2) is 12.2 Å². The quantitative estimate of drug-likeness (QED) is 0.233. The molecule has 0 radical (unpaired) electrons. The fourth-order valence-corrected chi connectivity index (χ4v) is 3.51. The SMILES string of the molecule is CCCCCCCCC=CCCCCCCCC(=O)N1C(=O)OCC1(C)C. The average Bonchev–Trinajstić information content (AvgIpc) is 2.91. The molecule has 0 bridgehead atoms. The number of unbranched alkanes of at least 4 members (excludes halogenated alkanes) is 11. The standard InChI is InChI=1S/C23H41NO3/c1-4-5-6-7-8-9-10-11-12-13-14-15-16-17-18-19-21(25)24-22(26)27-20-23(24,2)3/h11-12H,4-10,13-20H2,1-3H3. The lowest BCUT2D eigenvalue weighted by Crippen LogP contribution is -2.45. The summed E-state index contributed by atoms with van der Waals surface area (Å²) in [5.74, 6) is -0.0971. The van der Waals surface area contributed by atoms with Crippen LogP contribution in [0.1, 0.15) is 111 Å². The highest BCUT2D eigenvalue weighted by molar-refractivity contribution is 5.94. The van der Waals surface area contributed by atoms with Crippen molar-refractivity contribution in [2.45, 2.75) is 116 Å². The van der Waals surface area contributed by atoms with E-state index < -0.39 is 11.6 Å². The lowest BCUT2D eigenvalue weighted by molar-refractivity contribution is -0.131. The zero-order valence-electron chi connectivity index (χ0n) is 17.9. The van der Waals surface area contributed by atoms with Crippen LogP contribution in [0.3, 0.4) is 0 Å². The van der Waals surface area contributed by atoms with Crippen molar-refractivity contribution in [1.29, 1.82) is 0 Å². The second-order valence-electron chi connectivity index (χ2n) is 8.43. The van der Waals surface area contributed by atoms with Crippen molar-refractivity contribution in [2.75, 3.05) is 6.61 Å². The number of rotatable bonds is 15. The van der Waals surface area contributed by atoms with E-state index in [0.29, 0.717) is 13.0 Å². The maximum absolute atomic E-state index is 12.2. The molecule has 4 nitrogen and oxygen atoms in total. The van der Waals surface area contributed by atoms with Crippen LogP contribution in [0.5, 0.6) is 0 Å². The van der Waals surface area contributed by atoms with Crippen LogP contribution in [0.25, 0.3) is 0 Å². The smallest absolute Gasteiger partial charge is 0.417 e. The summed E-state index contributed by atoms with van der Waals surface area (Å²) >= 11 is 0. The molecule has 0 N–H and O–H groups in total. The number of ether oxygens (including phenoxy) is 1. The van der Waals surface area contributed by atoms with Gasteiger partial charge < -0.3 is 4.74 Å². The first kappa shape index (κ1) is 23.7. The van der Waals surface area contributed by atoms with Crippen LogP contribution in [-0.2, 0) is 9.53 Å². The Morgan fingerprint density at radius 3 is 1.96 bits per heavy atom. The topological polar surface area (TPSA) is 46.6 Å². The van der Waals surface area contributed by atoms with Gasteiger partial charge in [0.15, 0.2) is 0 Å². The summed E-state index contributed by atoms with van der Waals surface area (Å²) in [4.78, 5) is 25.2. The molecule has 1 heterocycles. The van der Waals surface area contributed by atoms with Gasteiger partial charge in [0.05, 0.1) is 5.54 Å². The minimum Gasteiger partial charge on any atom is -0.447 e. The zero-order valence-corrected chi connectivity index (χ0v) is 17.9. The van der Waals surface area contributed by atoms with E-state index in [1.54, 1.807) is 0 Å². The van der Waals surface area contributed by atoms with Crippen molar-refractivity contribution < 1.29 is 14.3 Å². The summed E-state index contributed by atoms with van der Waals surface area (Å²) in [6.45, 7) is 6.30. The first-order chi connectivity index (χ1) is 13.0. The molecule has 0 aromatic carbocycles. The monoisotopic (exact) mass is 379 g/mol. The molecule has 4 heteroatoms. The lowest BCUT2D eigenvalue weighted by Gasteiger charge is -2.25. The van der Waals surface area contributed by atoms with Crippen molar-refractivity contribution in [3.8, 4) is 0 Å². The Hall–Kier alpha value is -1.32. The van der Waals surface area contributed by atoms with Crippen LogP contribution in [0, 0.1) is 0 Å². The summed E-state index contributed by atoms with van der Waals surface area (Å²) in [5, 5.41) is 0. The Labute approximate surface area is 166 Å². The highest BCUT2D eigenvalue weighted by atomic mass is 16.6. The van der Waals surface area contributed by atoms with Crippen molar-refractivity contribution in [3.63, 3.8) is 0 Å². The number of carbonyl (C=O) groups excluding carboxylic acids is 2. The molecular weight excluding hydrogens is 338 g/mol. The van der Waals surface area contributed by atoms with Gasteiger partial charge in [-0.15, -0.1) is 0 Å². The summed E-state index contributed by atoms with van der Waals surface area (Å²) in [5.41, 5.74) is -0.504. The molecule has 0 unspecified atom stereocenters. The molecule has 0 atom stereocenters. The highest BCUT2D eigenvalue weighted by Crippen LogP contribution is 2.25. The molecular formula is C23H41NO3. The molecule has 1 saturated heterocycles. The third-order valence-corrected chi connectivity index (χ3v) is 5.24. The second kappa shape index (κ2) is 13.8. The molecule has 27 heavy (non-hydrogen) atoms. The Morgan fingerprint density at radius 2 is 1.44 bits per heavy atom. The number of hydrogen-bond donors (Lipinski definition) is 0. The maximum Gasteiger partial charge on any atom is 0.417 e. The number of amides is 2. The number of imide groups is 1. The molecule has 1 aliphatic rings. The van der Waals surface area contributed by atoms with Crippen LogP contribution < -0.4 is 0 Å². The Morgan fingerprint density at radius 1 is 0.926 bits per heavy atom. The first-order valence-corrected chi connectivity index (χ1v) is 11.1. The van der Waals surface area contributed by atoms with Crippen molar-refractivity contribution in [2.24, 2.45) is 0 Å². The Kier molecular flexibility index (Phi) is 12.1. The van der Waals surface area contributed by atoms with Gasteiger partial charge in [-0.3, -0.25) is 4.79 Å². The van der Waals surface area contributed by atoms with E-state index in [1.165, 1.54) is 69.1 Å². The minimum atomic E-state index is -0.504. The van der Waals surface area contributed by atoms with E-state index in [2.05, 4.69) is 19.1 Å². The molecule has 1 aliphatic heterocycles. The predicted molar refractivity (Wildman–Crippen MR) is 112 cm³/mol. The van der Waals surface area contributed by atoms with Gasteiger partial charge >= 0.3 is 6.09 Å². The molecule has 2 amide bonds. The van der Waals surface area contributed by atoms with Crippen molar-refractivity contribution in [1.82, 2.24) is 4.90 Å². The Bertz CT molecular complexity index is 457. The van der Waals surface area contributed by atoms with E-state index in [0.717, 1.165) is 19.3 Å². The number of carbonyl (C=O) groups is 2. The van der Waals surface area contributed by atoms with Gasteiger partial charge in [0.1, 0.15) is 6.61 Å². The molecule has 0 aliphatic carbocycles. The van der Waals surface area contributed by atoms with Crippen LogP contribution in [0.2, 0.25) is 0 Å². The van der Waals surface area contributed by atoms with E-state index in [9.17, 15) is 9.59 Å². The Balaban J connectivity index is 1.92. The van der Waals surface area contributed by atoms with Crippen LogP contribution >= 0.6 is 0 Å². The summed E-state index contributed by atoms with van der Waals surface area (Å²) in [6.07, 6.45) is 20.7. The summed E-state index contributed by atoms with van der Waals surface area (Å²) < 4.78 is 4.99. The fraction of sp³-hybridized carbons (Fsp3) is 0.826. The van der Waals surface area contributed by atoms with Crippen molar-refractivity contribution in [3.05, 3.63) is 12.2 Å². The number of nitrogens with zero attached hydrogens (tertiary/aromatic N) is 1. The van der Waals surface area contributed by atoms with Crippen LogP contribution in [-0.4, -0.2) is 29.0 Å². The van der Waals surface area contributed by atoms with E-state index in [1.807, 2.05) is 13.8 Å². The van der Waals surface area contributed by atoms with Gasteiger partial charge in [-0.2, -0.15) is 0 Å². The average molecular weight is 380 g/mol. The maximum atomic E-state index is 12.2. The minimum absolute atomic E-state index is 0.0971. The van der Waals surface area contributed by atoms with Gasteiger partial charge in [-0.25, -0.2) is 9.69 Å². The molecule has 156 valence electrons. The first-order valence-electron chi connectivity index (χ1n) is 11.1. The van der Waals surface area contributed by atoms with Crippen LogP contribution in [0.4, 0.5) is 4.79 Å². The summed E-state index contributed by atoms with van der Waals surface area (Å²) in [7, 11) is 0. The molecule has 0 spiro atoms. The van der Waals surface area contributed by atoms with Gasteiger partial charge in [-0.05, 0) is 46.0 Å². The predicted octanol–water partition coefficient (Wildman–Crippen LogP) is 6.78. The third-order valence-electron chi connectivity index (χ3n) is 5.24. The zero-order chi connectivity index (χ0) is 20.0. The molecule has 0 saturated carbocycles. The molecule has 1 rings (SSSR count). The van der Waals surface area contributed by atoms with Gasteiger partial charge in [0.2, 0.25) is 5.91 Å². The fourth-order valence-electron chi connectivity index (χ4n) is 3.51. The highest BCUT2D eigenvalue weighted by Gasteiger charge is 2.43. The third kappa shape index (κ3) is 9.97. The second-order valence-corrected chi connectivity index (χ2v) is 8.43. The van der Waals surface area contributed by atoms with Crippen molar-refractivity contribution >= 4 is 12.0 Å². The lowest BCUT2D eigenvalue weighted by atomic mass is 10.0. The number of hydrogen-bond acceptors (Lipinski definition) is 3. The van der Waals surface area contributed by atoms with Gasteiger partial charge in [0.25, 0.3) is 0 Å². The molecule has 1 fully saturated rings.